The molecule has 0 spiro atoms. The van der Waals surface area contributed by atoms with Crippen LogP contribution in [0.25, 0.3) is 55.2 Å². The Kier molecular flexibility index (Phi) is 7.37. The van der Waals surface area contributed by atoms with Gasteiger partial charge in [0.2, 0.25) is 0 Å². The van der Waals surface area contributed by atoms with E-state index in [0.29, 0.717) is 22.2 Å². The van der Waals surface area contributed by atoms with E-state index in [9.17, 15) is 4.79 Å². The number of anilines is 3. The molecule has 60 heavy (non-hydrogen) atoms. The van der Waals surface area contributed by atoms with Crippen molar-refractivity contribution in [2.24, 2.45) is 0 Å². The van der Waals surface area contributed by atoms with Crippen LogP contribution < -0.4 is 10.5 Å². The van der Waals surface area contributed by atoms with Gasteiger partial charge in [0.15, 0.2) is 0 Å². The number of hydrogen-bond acceptors (Lipinski definition) is 5. The third-order valence-corrected chi connectivity index (χ3v) is 12.2. The second kappa shape index (κ2) is 13.0. The molecule has 11 aromatic rings. The van der Waals surface area contributed by atoms with Crippen LogP contribution in [0.5, 0.6) is 0 Å². The van der Waals surface area contributed by atoms with Gasteiger partial charge in [0.05, 0.1) is 50.9 Å². The van der Waals surface area contributed by atoms with Crippen LogP contribution in [0.15, 0.2) is 203 Å². The van der Waals surface area contributed by atoms with Gasteiger partial charge in [0, 0.05) is 27.4 Å². The molecule has 284 valence electrons. The molecule has 1 aliphatic heterocycles. The van der Waals surface area contributed by atoms with Crippen molar-refractivity contribution in [3.05, 3.63) is 233 Å². The van der Waals surface area contributed by atoms with Crippen molar-refractivity contribution >= 4 is 60.7 Å². The Hall–Kier alpha value is -8.03. The van der Waals surface area contributed by atoms with Gasteiger partial charge in [-0.2, -0.15) is 5.10 Å². The number of rotatable bonds is 5. The van der Waals surface area contributed by atoms with E-state index in [1.165, 1.54) is 10.8 Å². The number of benzene rings is 7. The van der Waals surface area contributed by atoms with Crippen LogP contribution in [0.2, 0.25) is 0 Å². The Morgan fingerprint density at radius 2 is 1.15 bits per heavy atom. The van der Waals surface area contributed by atoms with Crippen LogP contribution in [0.4, 0.5) is 17.1 Å². The van der Waals surface area contributed by atoms with Gasteiger partial charge >= 0.3 is 5.63 Å². The Balaban J connectivity index is 1.20. The SMILES string of the molecule is Cc1nn(-c2ccccc2)c2c1c(=O)oc1ccc(N3c4ccccc4C(c4ccccc4)(c4ccccc4)c4cc(-n5c6ccccc6c6ccccc65)ncc43)cc12. The summed E-state index contributed by atoms with van der Waals surface area (Å²) < 4.78 is 10.2. The van der Waals surface area contributed by atoms with Gasteiger partial charge in [-0.1, -0.05) is 133 Å². The first-order valence-corrected chi connectivity index (χ1v) is 20.1. The number of hydrogen-bond donors (Lipinski definition) is 0. The zero-order valence-corrected chi connectivity index (χ0v) is 32.5. The number of para-hydroxylation sites is 4. The van der Waals surface area contributed by atoms with Crippen molar-refractivity contribution in [2.45, 2.75) is 12.3 Å². The summed E-state index contributed by atoms with van der Waals surface area (Å²) in [4.78, 5) is 21.2. The van der Waals surface area contributed by atoms with E-state index in [4.69, 9.17) is 14.5 Å². The van der Waals surface area contributed by atoms with Crippen LogP contribution in [0.3, 0.4) is 0 Å². The summed E-state index contributed by atoms with van der Waals surface area (Å²) in [5, 5.41) is 8.48. The number of pyridine rings is 1. The lowest BCUT2D eigenvalue weighted by atomic mass is 9.62. The van der Waals surface area contributed by atoms with E-state index >= 15 is 0 Å². The standard InChI is InChI=1S/C53H35N5O2/c1-34-50-51(58(55-34)37-21-9-4-10-22-37)41-31-38(29-30-48(41)60-52(50)59)56-46-28-16-13-25-42(46)53(35-17-5-2-6-18-35,36-19-7-3-8-20-36)43-32-49(54-33-47(43)56)57-44-26-14-11-23-39(44)40-24-12-15-27-45(40)57/h2-33H,1H3. The monoisotopic (exact) mass is 773 g/mol. The van der Waals surface area contributed by atoms with Crippen molar-refractivity contribution in [1.82, 2.24) is 19.3 Å². The van der Waals surface area contributed by atoms with Crippen LogP contribution >= 0.6 is 0 Å². The largest absolute Gasteiger partial charge is 0.422 e. The van der Waals surface area contributed by atoms with E-state index in [1.54, 1.807) is 0 Å². The molecule has 0 N–H and O–H groups in total. The Bertz CT molecular complexity index is 3440. The highest BCUT2D eigenvalue weighted by molar-refractivity contribution is 6.09. The molecular formula is C53H35N5O2. The van der Waals surface area contributed by atoms with Gasteiger partial charge < -0.3 is 9.32 Å². The van der Waals surface area contributed by atoms with E-state index < -0.39 is 11.0 Å². The van der Waals surface area contributed by atoms with E-state index in [-0.39, 0.29) is 0 Å². The van der Waals surface area contributed by atoms with Gasteiger partial charge in [-0.25, -0.2) is 14.5 Å². The molecule has 7 heteroatoms. The van der Waals surface area contributed by atoms with Crippen LogP contribution in [0.1, 0.15) is 27.9 Å². The first-order chi connectivity index (χ1) is 29.6. The maximum atomic E-state index is 13.6. The molecule has 0 fully saturated rings. The Morgan fingerprint density at radius 3 is 1.83 bits per heavy atom. The molecule has 0 radical (unpaired) electrons. The lowest BCUT2D eigenvalue weighted by Crippen LogP contribution is -2.38. The average Bonchev–Trinajstić information content (AvgIpc) is 3.84. The molecule has 0 aliphatic carbocycles. The van der Waals surface area contributed by atoms with Crippen molar-refractivity contribution < 1.29 is 4.42 Å². The second-order valence-corrected chi connectivity index (χ2v) is 15.4. The first kappa shape index (κ1) is 34.0. The highest BCUT2D eigenvalue weighted by Gasteiger charge is 2.47. The molecule has 12 rings (SSSR count). The van der Waals surface area contributed by atoms with Gasteiger partial charge in [0.25, 0.3) is 0 Å². The quantitative estimate of drug-likeness (QED) is 0.163. The van der Waals surface area contributed by atoms with E-state index in [2.05, 4.69) is 155 Å². The fraction of sp³-hybridized carbons (Fsp3) is 0.0377. The Labute approximate surface area is 344 Å². The minimum Gasteiger partial charge on any atom is -0.422 e. The second-order valence-electron chi connectivity index (χ2n) is 15.4. The van der Waals surface area contributed by atoms with Crippen molar-refractivity contribution in [3.63, 3.8) is 0 Å². The van der Waals surface area contributed by atoms with Gasteiger partial charge in [-0.3, -0.25) is 4.57 Å². The fourth-order valence-electron chi connectivity index (χ4n) is 9.77. The summed E-state index contributed by atoms with van der Waals surface area (Å²) in [5.41, 5.74) is 11.1. The van der Waals surface area contributed by atoms with Gasteiger partial charge in [-0.15, -0.1) is 0 Å². The summed E-state index contributed by atoms with van der Waals surface area (Å²) >= 11 is 0. The summed E-state index contributed by atoms with van der Waals surface area (Å²) in [6, 6.07) is 65.7. The lowest BCUT2D eigenvalue weighted by Gasteiger charge is -2.46. The summed E-state index contributed by atoms with van der Waals surface area (Å²) in [6.45, 7) is 1.86. The molecule has 5 heterocycles. The maximum absolute atomic E-state index is 13.6. The maximum Gasteiger partial charge on any atom is 0.347 e. The molecule has 0 bridgehead atoms. The van der Waals surface area contributed by atoms with E-state index in [1.807, 2.05) is 60.3 Å². The fourth-order valence-corrected chi connectivity index (χ4v) is 9.77. The zero-order chi connectivity index (χ0) is 40.0. The minimum atomic E-state index is -0.735. The molecule has 0 atom stereocenters. The average molecular weight is 774 g/mol. The predicted molar refractivity (Wildman–Crippen MR) is 241 cm³/mol. The van der Waals surface area contributed by atoms with Crippen molar-refractivity contribution in [2.75, 3.05) is 4.90 Å². The predicted octanol–water partition coefficient (Wildman–Crippen LogP) is 12.1. The topological polar surface area (TPSA) is 69.1 Å². The molecule has 0 saturated carbocycles. The van der Waals surface area contributed by atoms with Gasteiger partial charge in [-0.05, 0) is 78.2 Å². The van der Waals surface area contributed by atoms with Crippen molar-refractivity contribution in [1.29, 1.82) is 0 Å². The molecule has 0 unspecified atom stereocenters. The summed E-state index contributed by atoms with van der Waals surface area (Å²) in [6.07, 6.45) is 2.04. The molecule has 4 aromatic heterocycles. The summed E-state index contributed by atoms with van der Waals surface area (Å²) in [5.74, 6) is 0.825. The molecule has 7 aromatic carbocycles. The van der Waals surface area contributed by atoms with Crippen LogP contribution in [0, 0.1) is 6.92 Å². The number of nitrogens with zero attached hydrogens (tertiary/aromatic N) is 5. The highest BCUT2D eigenvalue weighted by Crippen LogP contribution is 2.58. The molecule has 0 saturated heterocycles. The molecule has 7 nitrogen and oxygen atoms in total. The minimum absolute atomic E-state index is 0.407. The number of aryl methyl sites for hydroxylation is 1. The number of aromatic nitrogens is 4. The zero-order valence-electron chi connectivity index (χ0n) is 32.5. The molecule has 0 amide bonds. The smallest absolute Gasteiger partial charge is 0.347 e. The third-order valence-electron chi connectivity index (χ3n) is 12.2. The molecular weight excluding hydrogens is 739 g/mol. The van der Waals surface area contributed by atoms with Gasteiger partial charge in [0.1, 0.15) is 16.8 Å². The highest BCUT2D eigenvalue weighted by atomic mass is 16.4. The van der Waals surface area contributed by atoms with Crippen LogP contribution in [-0.4, -0.2) is 19.3 Å². The van der Waals surface area contributed by atoms with E-state index in [0.717, 1.165) is 67.2 Å². The number of fused-ring (bicyclic) bond motifs is 8. The molecule has 1 aliphatic rings. The van der Waals surface area contributed by atoms with Crippen molar-refractivity contribution in [3.8, 4) is 11.5 Å². The third kappa shape index (κ3) is 4.74. The normalized spacial score (nSPS) is 13.2. The summed E-state index contributed by atoms with van der Waals surface area (Å²) in [7, 11) is 0. The first-order valence-electron chi connectivity index (χ1n) is 20.1. The van der Waals surface area contributed by atoms with Crippen LogP contribution in [-0.2, 0) is 5.41 Å². The Morgan fingerprint density at radius 1 is 0.550 bits per heavy atom. The lowest BCUT2D eigenvalue weighted by molar-refractivity contribution is 0.569.